The van der Waals surface area contributed by atoms with Gasteiger partial charge in [0.05, 0.1) is 30.8 Å². The molecule has 0 saturated carbocycles. The van der Waals surface area contributed by atoms with Crippen LogP contribution < -0.4 is 15.0 Å². The van der Waals surface area contributed by atoms with Gasteiger partial charge in [-0.25, -0.2) is 4.39 Å². The van der Waals surface area contributed by atoms with Gasteiger partial charge in [-0.2, -0.15) is 0 Å². The molecule has 2 rings (SSSR count). The monoisotopic (exact) mass is 500 g/mol. The van der Waals surface area contributed by atoms with Crippen molar-refractivity contribution in [2.45, 2.75) is 66.7 Å². The van der Waals surface area contributed by atoms with Crippen LogP contribution in [0.3, 0.4) is 0 Å². The summed E-state index contributed by atoms with van der Waals surface area (Å²) in [6.45, 7) is 14.1. The van der Waals surface area contributed by atoms with Crippen LogP contribution in [0, 0.1) is 17.7 Å². The van der Waals surface area contributed by atoms with E-state index in [0.717, 1.165) is 11.3 Å². The van der Waals surface area contributed by atoms with Crippen LogP contribution in [0.15, 0.2) is 36.4 Å². The molecule has 0 radical (unpaired) electrons. The summed E-state index contributed by atoms with van der Waals surface area (Å²) >= 11 is 0. The van der Waals surface area contributed by atoms with Gasteiger partial charge in [0.1, 0.15) is 11.6 Å². The molecule has 1 unspecified atom stereocenters. The van der Waals surface area contributed by atoms with Crippen LogP contribution in [0.4, 0.5) is 15.8 Å². The van der Waals surface area contributed by atoms with E-state index in [-0.39, 0.29) is 18.7 Å². The highest BCUT2D eigenvalue weighted by Gasteiger charge is 2.23. The first kappa shape index (κ1) is 29.1. The van der Waals surface area contributed by atoms with E-state index < -0.39 is 17.7 Å². The minimum Gasteiger partial charge on any atom is -0.494 e. The van der Waals surface area contributed by atoms with Gasteiger partial charge in [0, 0.05) is 13.1 Å². The third-order valence-electron chi connectivity index (χ3n) is 5.85. The highest BCUT2D eigenvalue weighted by Crippen LogP contribution is 2.36. The standard InChI is InChI=1S/C29H41FN2O4/c1-7-22(14-29(34)35)24-15-26(27(16-25(24)30)32(17-19(3)4)18-20(5)6)31-28(33)13-21-9-11-23(12-10-21)36-8-2/h9-12,15-16,19-20,22H,7-8,13-14,17-18H2,1-6H3,(H,31,33)(H,34,35). The van der Waals surface area contributed by atoms with Crippen molar-refractivity contribution in [3.63, 3.8) is 0 Å². The zero-order valence-electron chi connectivity index (χ0n) is 22.4. The molecule has 0 spiro atoms. The van der Waals surface area contributed by atoms with E-state index in [9.17, 15) is 14.7 Å². The first-order valence-electron chi connectivity index (χ1n) is 12.9. The van der Waals surface area contributed by atoms with Crippen molar-refractivity contribution in [3.05, 3.63) is 53.3 Å². The van der Waals surface area contributed by atoms with Gasteiger partial charge >= 0.3 is 5.97 Å². The van der Waals surface area contributed by atoms with Gasteiger partial charge < -0.3 is 20.1 Å². The fourth-order valence-corrected chi connectivity index (χ4v) is 4.34. The Labute approximate surface area is 214 Å². The molecular weight excluding hydrogens is 459 g/mol. The van der Waals surface area contributed by atoms with Crippen molar-refractivity contribution in [1.29, 1.82) is 0 Å². The molecule has 1 atom stereocenters. The van der Waals surface area contributed by atoms with Crippen molar-refractivity contribution < 1.29 is 23.8 Å². The largest absolute Gasteiger partial charge is 0.494 e. The number of hydrogen-bond acceptors (Lipinski definition) is 4. The lowest BCUT2D eigenvalue weighted by atomic mass is 9.91. The number of carboxylic acids is 1. The maximum absolute atomic E-state index is 15.4. The van der Waals surface area contributed by atoms with E-state index >= 15 is 4.39 Å². The van der Waals surface area contributed by atoms with E-state index in [1.165, 1.54) is 6.07 Å². The fourth-order valence-electron chi connectivity index (χ4n) is 4.34. The number of amides is 1. The number of carbonyl (C=O) groups is 2. The van der Waals surface area contributed by atoms with Crippen LogP contribution in [0.25, 0.3) is 0 Å². The molecule has 0 aliphatic rings. The molecule has 6 nitrogen and oxygen atoms in total. The molecule has 0 bridgehead atoms. The van der Waals surface area contributed by atoms with E-state index in [4.69, 9.17) is 4.74 Å². The Morgan fingerprint density at radius 2 is 1.64 bits per heavy atom. The molecule has 0 aliphatic heterocycles. The lowest BCUT2D eigenvalue weighted by molar-refractivity contribution is -0.137. The third kappa shape index (κ3) is 8.85. The third-order valence-corrected chi connectivity index (χ3v) is 5.85. The number of hydrogen-bond donors (Lipinski definition) is 2. The minimum atomic E-state index is -0.979. The molecule has 1 amide bonds. The smallest absolute Gasteiger partial charge is 0.303 e. The molecule has 7 heteroatoms. The predicted molar refractivity (Wildman–Crippen MR) is 144 cm³/mol. The predicted octanol–water partition coefficient (Wildman–Crippen LogP) is 6.49. The zero-order valence-corrected chi connectivity index (χ0v) is 22.4. The summed E-state index contributed by atoms with van der Waals surface area (Å²) < 4.78 is 20.9. The van der Waals surface area contributed by atoms with Gasteiger partial charge in [-0.15, -0.1) is 0 Å². The van der Waals surface area contributed by atoms with Crippen molar-refractivity contribution in [2.24, 2.45) is 11.8 Å². The summed E-state index contributed by atoms with van der Waals surface area (Å²) in [7, 11) is 0. The Kier molecular flexibility index (Phi) is 11.2. The number of nitrogens with one attached hydrogen (secondary N) is 1. The summed E-state index contributed by atoms with van der Waals surface area (Å²) in [5.74, 6) is -0.731. The molecule has 0 fully saturated rings. The highest BCUT2D eigenvalue weighted by atomic mass is 19.1. The Bertz CT molecular complexity index is 995. The second kappa shape index (κ2) is 13.9. The van der Waals surface area contributed by atoms with Crippen LogP contribution >= 0.6 is 0 Å². The van der Waals surface area contributed by atoms with Gasteiger partial charge in [0.25, 0.3) is 0 Å². The zero-order chi connectivity index (χ0) is 26.8. The Morgan fingerprint density at radius 1 is 1.03 bits per heavy atom. The van der Waals surface area contributed by atoms with Crippen molar-refractivity contribution >= 4 is 23.3 Å². The molecule has 0 aromatic heterocycles. The number of carbonyl (C=O) groups excluding carboxylic acids is 1. The Morgan fingerprint density at radius 3 is 2.14 bits per heavy atom. The van der Waals surface area contributed by atoms with E-state index in [1.54, 1.807) is 6.07 Å². The number of rotatable bonds is 14. The molecule has 198 valence electrons. The van der Waals surface area contributed by atoms with Crippen LogP contribution in [-0.2, 0) is 16.0 Å². The minimum absolute atomic E-state index is 0.152. The Balaban J connectivity index is 2.45. The van der Waals surface area contributed by atoms with Gasteiger partial charge in [0.2, 0.25) is 5.91 Å². The number of halogens is 1. The summed E-state index contributed by atoms with van der Waals surface area (Å²) in [5.41, 5.74) is 2.27. The molecule has 36 heavy (non-hydrogen) atoms. The van der Waals surface area contributed by atoms with Gasteiger partial charge in [-0.05, 0) is 66.5 Å². The van der Waals surface area contributed by atoms with Crippen molar-refractivity contribution in [2.75, 3.05) is 29.9 Å². The number of nitrogens with zero attached hydrogens (tertiary/aromatic N) is 1. The van der Waals surface area contributed by atoms with Crippen molar-refractivity contribution in [1.82, 2.24) is 0 Å². The quantitative estimate of drug-likeness (QED) is 0.310. The number of anilines is 2. The topological polar surface area (TPSA) is 78.9 Å². The second-order valence-electron chi connectivity index (χ2n) is 10.1. The van der Waals surface area contributed by atoms with Crippen LogP contribution in [0.5, 0.6) is 5.75 Å². The summed E-state index contributed by atoms with van der Waals surface area (Å²) in [6.07, 6.45) is 0.455. The van der Waals surface area contributed by atoms with Crippen LogP contribution in [0.1, 0.15) is 71.4 Å². The van der Waals surface area contributed by atoms with Gasteiger partial charge in [0.15, 0.2) is 0 Å². The van der Waals surface area contributed by atoms with E-state index in [0.29, 0.717) is 54.9 Å². The normalized spacial score (nSPS) is 12.0. The van der Waals surface area contributed by atoms with Crippen LogP contribution in [0.2, 0.25) is 0 Å². The van der Waals surface area contributed by atoms with Gasteiger partial charge in [-0.3, -0.25) is 9.59 Å². The number of benzene rings is 2. The second-order valence-corrected chi connectivity index (χ2v) is 10.1. The average Bonchev–Trinajstić information content (AvgIpc) is 2.78. The van der Waals surface area contributed by atoms with Gasteiger partial charge in [-0.1, -0.05) is 46.8 Å². The molecule has 2 aromatic carbocycles. The number of aliphatic carboxylic acids is 1. The maximum Gasteiger partial charge on any atom is 0.303 e. The highest BCUT2D eigenvalue weighted by molar-refractivity contribution is 5.96. The molecule has 0 saturated heterocycles. The number of carboxylic acid groups (broad SMARTS) is 1. The van der Waals surface area contributed by atoms with E-state index in [2.05, 4.69) is 37.9 Å². The van der Waals surface area contributed by atoms with E-state index in [1.807, 2.05) is 38.1 Å². The molecule has 2 N–H and O–H groups in total. The SMILES string of the molecule is CCOc1ccc(CC(=O)Nc2cc(C(CC)CC(=O)O)c(F)cc2N(CC(C)C)CC(C)C)cc1. The maximum atomic E-state index is 15.4. The molecular formula is C29H41FN2O4. The van der Waals surface area contributed by atoms with Crippen LogP contribution in [-0.4, -0.2) is 36.7 Å². The number of ether oxygens (including phenoxy) is 1. The first-order valence-corrected chi connectivity index (χ1v) is 12.9. The Hall–Kier alpha value is -3.09. The lowest BCUT2D eigenvalue weighted by Crippen LogP contribution is -2.32. The summed E-state index contributed by atoms with van der Waals surface area (Å²) in [5, 5.41) is 12.3. The lowest BCUT2D eigenvalue weighted by Gasteiger charge is -2.31. The molecule has 0 heterocycles. The van der Waals surface area contributed by atoms with Crippen molar-refractivity contribution in [3.8, 4) is 5.75 Å². The summed E-state index contributed by atoms with van der Waals surface area (Å²) in [4.78, 5) is 26.6. The molecule has 2 aromatic rings. The summed E-state index contributed by atoms with van der Waals surface area (Å²) in [6, 6.07) is 10.5. The fraction of sp³-hybridized carbons (Fsp3) is 0.517. The molecule has 0 aliphatic carbocycles. The first-order chi connectivity index (χ1) is 17.0. The average molecular weight is 501 g/mol.